The molecule has 0 fully saturated rings. The third-order valence-corrected chi connectivity index (χ3v) is 3.50. The van der Waals surface area contributed by atoms with Crippen molar-refractivity contribution in [2.24, 2.45) is 0 Å². The van der Waals surface area contributed by atoms with Crippen molar-refractivity contribution in [1.29, 1.82) is 0 Å². The van der Waals surface area contributed by atoms with Gasteiger partial charge in [-0.05, 0) is 50.6 Å². The number of fused-ring (bicyclic) bond motifs is 1. The molecule has 0 unspecified atom stereocenters. The minimum absolute atomic E-state index is 0.0326. The van der Waals surface area contributed by atoms with Crippen molar-refractivity contribution >= 4 is 20.9 Å². The molecule has 2 rings (SSSR count). The number of nitrogens with one attached hydrogen (secondary N) is 2. The first-order chi connectivity index (χ1) is 15.0. The second-order valence-corrected chi connectivity index (χ2v) is 5.67. The van der Waals surface area contributed by atoms with Gasteiger partial charge in [0.2, 0.25) is 10.0 Å². The molecule has 0 aliphatic carbocycles. The molecular weight excluding hydrogens is 274 g/mol. The molecule has 0 atom stereocenters. The molecule has 6 heteroatoms. The van der Waals surface area contributed by atoms with Crippen molar-refractivity contribution in [3.8, 4) is 0 Å². The lowest BCUT2D eigenvalue weighted by Crippen LogP contribution is -2.20. The molecule has 0 spiro atoms. The van der Waals surface area contributed by atoms with Crippen LogP contribution in [-0.4, -0.2) is 45.8 Å². The monoisotopic (exact) mass is 309 g/mol. The van der Waals surface area contributed by atoms with E-state index >= 15 is 0 Å². The van der Waals surface area contributed by atoms with Crippen molar-refractivity contribution in [3.63, 3.8) is 0 Å². The molecule has 0 saturated carbocycles. The van der Waals surface area contributed by atoms with Crippen LogP contribution in [0.3, 0.4) is 0 Å². The Morgan fingerprint density at radius 3 is 3.20 bits per heavy atom. The highest BCUT2D eigenvalue weighted by molar-refractivity contribution is 7.88. The van der Waals surface area contributed by atoms with Crippen LogP contribution in [0, 0.1) is 0 Å². The summed E-state index contributed by atoms with van der Waals surface area (Å²) in [4.78, 5) is 0.476. The second-order valence-electron chi connectivity index (χ2n) is 4.03. The van der Waals surface area contributed by atoms with E-state index in [1.807, 2.05) is 0 Å². The van der Waals surface area contributed by atoms with Gasteiger partial charge in [0.15, 0.2) is 1.41 Å². The third-order valence-electron chi connectivity index (χ3n) is 2.52. The lowest BCUT2D eigenvalue weighted by molar-refractivity contribution is 0.414. The third kappa shape index (κ3) is 3.59. The Morgan fingerprint density at radius 2 is 2.45 bits per heavy atom. The minimum atomic E-state index is -4.66. The van der Waals surface area contributed by atoms with Gasteiger partial charge < -0.3 is 9.88 Å². The van der Waals surface area contributed by atoms with Crippen LogP contribution in [0.4, 0.5) is 0 Å². The summed E-state index contributed by atoms with van der Waals surface area (Å²) >= 11 is 0. The van der Waals surface area contributed by atoms with Gasteiger partial charge in [-0.25, -0.2) is 13.1 Å². The van der Waals surface area contributed by atoms with E-state index in [0.717, 1.165) is 6.07 Å². The summed E-state index contributed by atoms with van der Waals surface area (Å²) in [7, 11) is -4.66. The Kier molecular flexibility index (Phi) is 1.52. The molecule has 20 heavy (non-hydrogen) atoms. The van der Waals surface area contributed by atoms with E-state index in [1.165, 1.54) is 12.1 Å². The summed E-state index contributed by atoms with van der Waals surface area (Å²) in [6.07, 6.45) is -3.51. The van der Waals surface area contributed by atoms with Crippen LogP contribution in [0.2, 0.25) is 2.82 Å². The van der Waals surface area contributed by atoms with Gasteiger partial charge in [0.05, 0.1) is 7.12 Å². The summed E-state index contributed by atoms with van der Waals surface area (Å²) in [5.74, 6) is -0.972. The summed E-state index contributed by atoms with van der Waals surface area (Å²) in [5, 5.41) is -0.167. The number of likely N-dealkylation sites (N-methyl/N-ethyl adjacent to an activating group) is 1. The highest BCUT2D eigenvalue weighted by atomic mass is 32.2. The van der Waals surface area contributed by atoms with E-state index in [9.17, 15) is 8.42 Å². The van der Waals surface area contributed by atoms with Crippen molar-refractivity contribution in [3.05, 3.63) is 35.5 Å². The van der Waals surface area contributed by atoms with Gasteiger partial charge in [0.1, 0.15) is 1.41 Å². The highest BCUT2D eigenvalue weighted by Crippen LogP contribution is 2.21. The van der Waals surface area contributed by atoms with Crippen LogP contribution < -0.4 is 4.72 Å². The van der Waals surface area contributed by atoms with Crippen LogP contribution in [0.1, 0.15) is 27.6 Å². The number of hydrogen-bond acceptors (Lipinski definition) is 3. The van der Waals surface area contributed by atoms with Crippen LogP contribution in [0.25, 0.3) is 10.9 Å². The lowest BCUT2D eigenvalue weighted by Gasteiger charge is -2.08. The van der Waals surface area contributed by atoms with Gasteiger partial charge in [0, 0.05) is 38.7 Å². The Balaban J connectivity index is 2.62. The average molecular weight is 309 g/mol. The molecule has 0 radical (unpaired) electrons. The number of rotatable bonds is 6. The minimum Gasteiger partial charge on any atom is -0.361 e. The fraction of sp³-hybridized carbons (Fsp3) is 0.429. The van der Waals surface area contributed by atoms with Gasteiger partial charge in [-0.2, -0.15) is 0 Å². The average Bonchev–Trinajstić information content (AvgIpc) is 2.87. The first-order valence-electron chi connectivity index (χ1n) is 12.3. The zero-order chi connectivity index (χ0) is 26.7. The molecule has 2 aromatic rings. The summed E-state index contributed by atoms with van der Waals surface area (Å²) in [6, 6.07) is 3.44. The SMILES string of the molecule is [2H]c1c(C([2H])([2H])CN(C([2H])([2H])[2H])C([2H])([2H])[2H])c2cc(CS(=O)(=O)N([2H])C([2H])([2H])[2H])ccc2n1[2H]. The predicted octanol–water partition coefficient (Wildman–Crippen LogP) is 1.32. The molecule has 1 heterocycles. The smallest absolute Gasteiger partial charge is 0.215 e. The molecule has 1 aromatic carbocycles. The summed E-state index contributed by atoms with van der Waals surface area (Å²) in [5.41, 5.74) is -0.702. The van der Waals surface area contributed by atoms with Crippen LogP contribution in [-0.2, 0) is 22.1 Å². The van der Waals surface area contributed by atoms with Gasteiger partial charge in [-0.1, -0.05) is 6.07 Å². The number of nitrogens with zero attached hydrogens (tertiary/aromatic N) is 1. The van der Waals surface area contributed by atoms with Gasteiger partial charge in [0.25, 0.3) is 0 Å². The fourth-order valence-electron chi connectivity index (χ4n) is 1.68. The number of hydrogen-bond donors (Lipinski definition) is 2. The summed E-state index contributed by atoms with van der Waals surface area (Å²) in [6.45, 7) is -10.9. The number of benzene rings is 1. The second kappa shape index (κ2) is 5.95. The largest absolute Gasteiger partial charge is 0.361 e. The van der Waals surface area contributed by atoms with Gasteiger partial charge in [-0.3, -0.25) is 0 Å². The molecule has 0 aliphatic rings. The fourth-order valence-corrected chi connectivity index (χ4v) is 2.35. The maximum atomic E-state index is 12.3. The van der Waals surface area contributed by atoms with E-state index in [2.05, 4.69) is 0 Å². The zero-order valence-corrected chi connectivity index (χ0v) is 11.0. The number of aromatic nitrogens is 1. The zero-order valence-electron chi connectivity index (χ0n) is 24.2. The van der Waals surface area contributed by atoms with Crippen LogP contribution >= 0.6 is 0 Å². The molecule has 0 aliphatic heterocycles. The topological polar surface area (TPSA) is 65.2 Å². The number of sulfonamides is 1. The van der Waals surface area contributed by atoms with Crippen LogP contribution in [0.15, 0.2) is 24.4 Å². The van der Waals surface area contributed by atoms with Crippen molar-refractivity contribution in [2.75, 3.05) is 27.5 Å². The molecular formula is C14H21N3O2S. The van der Waals surface area contributed by atoms with E-state index in [-0.39, 0.29) is 21.4 Å². The van der Waals surface area contributed by atoms with E-state index in [4.69, 9.17) is 19.3 Å². The Labute approximate surface area is 139 Å². The lowest BCUT2D eigenvalue weighted by atomic mass is 10.1. The Bertz CT molecular complexity index is 1150. The quantitative estimate of drug-likeness (QED) is 0.846. The van der Waals surface area contributed by atoms with E-state index in [0.29, 0.717) is 4.98 Å². The Morgan fingerprint density at radius 1 is 1.60 bits per heavy atom. The Hall–Kier alpha value is -1.37. The first kappa shape index (κ1) is 5.12. The summed E-state index contributed by atoms with van der Waals surface area (Å²) < 4.78 is 130. The predicted molar refractivity (Wildman–Crippen MR) is 82.2 cm³/mol. The molecule has 1 aromatic heterocycles. The van der Waals surface area contributed by atoms with Gasteiger partial charge in [-0.15, -0.1) is 0 Å². The molecule has 0 amide bonds. The molecule has 110 valence electrons. The molecule has 0 saturated heterocycles. The maximum Gasteiger partial charge on any atom is 0.215 e. The normalized spacial score (nSPS) is 25.5. The molecule has 5 nitrogen and oxygen atoms in total. The van der Waals surface area contributed by atoms with Crippen molar-refractivity contribution < 1.29 is 27.7 Å². The van der Waals surface area contributed by atoms with Gasteiger partial charge >= 0.3 is 0 Å². The molecule has 0 bridgehead atoms. The van der Waals surface area contributed by atoms with Crippen molar-refractivity contribution in [1.82, 2.24) is 14.6 Å². The van der Waals surface area contributed by atoms with E-state index < -0.39 is 66.1 Å². The maximum absolute atomic E-state index is 12.3. The van der Waals surface area contributed by atoms with Crippen molar-refractivity contribution in [2.45, 2.75) is 12.1 Å². The van der Waals surface area contributed by atoms with Crippen LogP contribution in [0.5, 0.6) is 0 Å². The van der Waals surface area contributed by atoms with E-state index in [1.54, 1.807) is 0 Å². The highest BCUT2D eigenvalue weighted by Gasteiger charge is 2.11. The number of aromatic amines is 1. The molecule has 2 N–H and O–H groups in total. The first-order valence-corrected chi connectivity index (χ1v) is 7.04. The number of H-pyrrole nitrogens is 1. The standard InChI is InChI=1S/C14H21N3O2S/c1-15-20(18,19)10-11-4-5-14-13(8-11)12(9-16-14)6-7-17(2)3/h4-5,8-9,15-16H,6-7,10H2,1-3H3/i1D3,2D3,3D3,6D2,9D/hD2.